The Morgan fingerprint density at radius 3 is 1.21 bits per heavy atom. The number of hydrogen-bond acceptors (Lipinski definition) is 4. The molecule has 0 aromatic heterocycles. The van der Waals surface area contributed by atoms with E-state index < -0.39 is 0 Å². The Balaban J connectivity index is 1.14. The van der Waals surface area contributed by atoms with Gasteiger partial charge in [0, 0.05) is 12.1 Å². The molecule has 0 atom stereocenters. The van der Waals surface area contributed by atoms with Gasteiger partial charge in [0.15, 0.2) is 0 Å². The Kier molecular flexibility index (Phi) is 9.58. The summed E-state index contributed by atoms with van der Waals surface area (Å²) >= 11 is 0. The molecule has 2 aliphatic carbocycles. The lowest BCUT2D eigenvalue weighted by Gasteiger charge is -2.34. The van der Waals surface area contributed by atoms with Crippen LogP contribution in [0.15, 0.2) is 24.3 Å². The SMILES string of the molecule is Cc1cc(C)c(OC(=O)NC2CCC(CC3CCC(NC(=O)Oc4c(C)cc(C)cc4C)CC3)CC2)c(C)c1. The van der Waals surface area contributed by atoms with Crippen molar-refractivity contribution in [1.29, 1.82) is 0 Å². The van der Waals surface area contributed by atoms with Crippen molar-refractivity contribution in [3.63, 3.8) is 0 Å². The molecular formula is C33H46N2O4. The quantitative estimate of drug-likeness (QED) is 0.395. The first kappa shape index (κ1) is 29.0. The number of aryl methyl sites for hydroxylation is 6. The third-order valence-electron chi connectivity index (χ3n) is 8.60. The number of carbonyl (C=O) groups is 2. The molecular weight excluding hydrogens is 488 g/mol. The zero-order valence-corrected chi connectivity index (χ0v) is 24.6. The molecule has 2 amide bonds. The van der Waals surface area contributed by atoms with E-state index in [-0.39, 0.29) is 24.3 Å². The van der Waals surface area contributed by atoms with Crippen LogP contribution < -0.4 is 20.1 Å². The summed E-state index contributed by atoms with van der Waals surface area (Å²) in [4.78, 5) is 25.1. The van der Waals surface area contributed by atoms with E-state index in [4.69, 9.17) is 9.47 Å². The summed E-state index contributed by atoms with van der Waals surface area (Å²) in [7, 11) is 0. The van der Waals surface area contributed by atoms with Crippen molar-refractivity contribution in [3.8, 4) is 11.5 Å². The Labute approximate surface area is 234 Å². The number of nitrogens with one attached hydrogen (secondary N) is 2. The second-order valence-corrected chi connectivity index (χ2v) is 12.2. The second kappa shape index (κ2) is 12.9. The van der Waals surface area contributed by atoms with Gasteiger partial charge in [-0.25, -0.2) is 9.59 Å². The molecule has 212 valence electrons. The highest BCUT2D eigenvalue weighted by Gasteiger charge is 2.29. The van der Waals surface area contributed by atoms with Gasteiger partial charge < -0.3 is 20.1 Å². The van der Waals surface area contributed by atoms with Crippen molar-refractivity contribution in [2.75, 3.05) is 0 Å². The predicted octanol–water partition coefficient (Wildman–Crippen LogP) is 7.92. The van der Waals surface area contributed by atoms with E-state index >= 15 is 0 Å². The van der Waals surface area contributed by atoms with Gasteiger partial charge in [0.05, 0.1) is 0 Å². The van der Waals surface area contributed by atoms with Gasteiger partial charge in [-0.3, -0.25) is 0 Å². The largest absolute Gasteiger partial charge is 0.412 e. The van der Waals surface area contributed by atoms with Crippen molar-refractivity contribution in [1.82, 2.24) is 10.6 Å². The van der Waals surface area contributed by atoms with Crippen LogP contribution in [0.5, 0.6) is 11.5 Å². The smallest absolute Gasteiger partial charge is 0.410 e. The molecule has 2 aliphatic rings. The van der Waals surface area contributed by atoms with Gasteiger partial charge in [-0.1, -0.05) is 35.4 Å². The van der Waals surface area contributed by atoms with E-state index in [1.54, 1.807) is 0 Å². The fourth-order valence-corrected chi connectivity index (χ4v) is 6.79. The summed E-state index contributed by atoms with van der Waals surface area (Å²) < 4.78 is 11.4. The molecule has 0 radical (unpaired) electrons. The topological polar surface area (TPSA) is 76.7 Å². The van der Waals surface area contributed by atoms with Crippen LogP contribution in [-0.2, 0) is 0 Å². The Hall–Kier alpha value is -3.02. The Morgan fingerprint density at radius 1 is 0.590 bits per heavy atom. The van der Waals surface area contributed by atoms with E-state index in [1.165, 1.54) is 17.5 Å². The van der Waals surface area contributed by atoms with Gasteiger partial charge in [0.1, 0.15) is 11.5 Å². The highest BCUT2D eigenvalue weighted by molar-refractivity contribution is 5.72. The lowest BCUT2D eigenvalue weighted by atomic mass is 9.76. The first-order chi connectivity index (χ1) is 18.6. The molecule has 6 heteroatoms. The molecule has 2 aromatic rings. The third kappa shape index (κ3) is 8.00. The summed E-state index contributed by atoms with van der Waals surface area (Å²) in [5.74, 6) is 2.77. The number of rotatable bonds is 6. The van der Waals surface area contributed by atoms with Crippen molar-refractivity contribution >= 4 is 12.2 Å². The molecule has 2 saturated carbocycles. The first-order valence-corrected chi connectivity index (χ1v) is 14.7. The van der Waals surface area contributed by atoms with Crippen LogP contribution in [0.3, 0.4) is 0 Å². The molecule has 0 spiro atoms. The molecule has 0 aliphatic heterocycles. The lowest BCUT2D eigenvalue weighted by Crippen LogP contribution is -2.40. The van der Waals surface area contributed by atoms with Crippen LogP contribution >= 0.6 is 0 Å². The number of ether oxygens (including phenoxy) is 2. The highest BCUT2D eigenvalue weighted by Crippen LogP contribution is 2.36. The van der Waals surface area contributed by atoms with Gasteiger partial charge in [-0.2, -0.15) is 0 Å². The monoisotopic (exact) mass is 534 g/mol. The minimum atomic E-state index is -0.342. The number of amides is 2. The summed E-state index contributed by atoms with van der Waals surface area (Å²) in [6.45, 7) is 12.0. The predicted molar refractivity (Wildman–Crippen MR) is 156 cm³/mol. The number of carbonyl (C=O) groups excluding carboxylic acids is 2. The van der Waals surface area contributed by atoms with Gasteiger partial charge in [-0.15, -0.1) is 0 Å². The van der Waals surface area contributed by atoms with Gasteiger partial charge in [0.25, 0.3) is 0 Å². The van der Waals surface area contributed by atoms with E-state index in [9.17, 15) is 9.59 Å². The molecule has 2 N–H and O–H groups in total. The van der Waals surface area contributed by atoms with E-state index in [1.807, 2.05) is 52.0 Å². The average Bonchev–Trinajstić information content (AvgIpc) is 2.86. The molecule has 2 fully saturated rings. The molecule has 39 heavy (non-hydrogen) atoms. The average molecular weight is 535 g/mol. The second-order valence-electron chi connectivity index (χ2n) is 12.2. The maximum atomic E-state index is 12.6. The van der Waals surface area contributed by atoms with E-state index in [2.05, 4.69) is 24.5 Å². The van der Waals surface area contributed by atoms with Crippen LogP contribution in [-0.4, -0.2) is 24.3 Å². The summed E-state index contributed by atoms with van der Waals surface area (Å²) in [6, 6.07) is 8.55. The molecule has 0 bridgehead atoms. The molecule has 4 rings (SSSR count). The fourth-order valence-electron chi connectivity index (χ4n) is 6.79. The van der Waals surface area contributed by atoms with Crippen molar-refractivity contribution in [3.05, 3.63) is 57.6 Å². The summed E-state index contributed by atoms with van der Waals surface area (Å²) in [5, 5.41) is 6.20. The van der Waals surface area contributed by atoms with Crippen LogP contribution in [0.2, 0.25) is 0 Å². The molecule has 0 saturated heterocycles. The highest BCUT2D eigenvalue weighted by atomic mass is 16.6. The number of hydrogen-bond donors (Lipinski definition) is 2. The first-order valence-electron chi connectivity index (χ1n) is 14.7. The molecule has 0 unspecified atom stereocenters. The normalized spacial score (nSPS) is 23.1. The molecule has 2 aromatic carbocycles. The molecule has 0 heterocycles. The Morgan fingerprint density at radius 2 is 0.897 bits per heavy atom. The summed E-state index contributed by atoms with van der Waals surface area (Å²) in [5.41, 5.74) is 6.31. The zero-order chi connectivity index (χ0) is 28.1. The summed E-state index contributed by atoms with van der Waals surface area (Å²) in [6.07, 6.45) is 9.17. The Bertz CT molecular complexity index is 1040. The van der Waals surface area contributed by atoms with Gasteiger partial charge in [0.2, 0.25) is 0 Å². The minimum Gasteiger partial charge on any atom is -0.410 e. The fraction of sp³-hybridized carbons (Fsp3) is 0.576. The van der Waals surface area contributed by atoms with Crippen molar-refractivity contribution in [2.24, 2.45) is 11.8 Å². The maximum absolute atomic E-state index is 12.6. The lowest BCUT2D eigenvalue weighted by molar-refractivity contribution is 0.174. The van der Waals surface area contributed by atoms with E-state index in [0.717, 1.165) is 73.6 Å². The van der Waals surface area contributed by atoms with Crippen molar-refractivity contribution < 1.29 is 19.1 Å². The zero-order valence-electron chi connectivity index (χ0n) is 24.6. The van der Waals surface area contributed by atoms with Gasteiger partial charge in [-0.05, 0) is 133 Å². The van der Waals surface area contributed by atoms with Gasteiger partial charge >= 0.3 is 12.2 Å². The van der Waals surface area contributed by atoms with Crippen molar-refractivity contribution in [2.45, 2.75) is 111 Å². The van der Waals surface area contributed by atoms with Crippen LogP contribution in [0.4, 0.5) is 9.59 Å². The van der Waals surface area contributed by atoms with E-state index in [0.29, 0.717) is 23.3 Å². The minimum absolute atomic E-state index is 0.187. The number of benzene rings is 2. The van der Waals surface area contributed by atoms with Crippen LogP contribution in [0.25, 0.3) is 0 Å². The van der Waals surface area contributed by atoms with Crippen LogP contribution in [0.1, 0.15) is 91.2 Å². The van der Waals surface area contributed by atoms with Crippen LogP contribution in [0, 0.1) is 53.4 Å². The third-order valence-corrected chi connectivity index (χ3v) is 8.60. The standard InChI is InChI=1S/C33H46N2O4/c1-20-15-22(3)30(23(4)16-20)38-32(36)34-28-11-7-26(8-12-28)19-27-9-13-29(14-10-27)35-33(37)39-31-24(5)17-21(2)18-25(31)6/h15-18,26-29H,7-14,19H2,1-6H3,(H,34,36)(H,35,37). The maximum Gasteiger partial charge on any atom is 0.412 e. The molecule has 6 nitrogen and oxygen atoms in total.